The number of carboxylic acid groups (broad SMARTS) is 1. The summed E-state index contributed by atoms with van der Waals surface area (Å²) in [6.45, 7) is 2.55. The van der Waals surface area contributed by atoms with Gasteiger partial charge < -0.3 is 24.9 Å². The largest absolute Gasteiger partial charge is 0.479 e. The molecule has 0 fully saturated rings. The van der Waals surface area contributed by atoms with Crippen LogP contribution in [0.4, 0.5) is 0 Å². The summed E-state index contributed by atoms with van der Waals surface area (Å²) in [6.07, 6.45) is 1.33. The third kappa shape index (κ3) is 4.32. The molecule has 1 aromatic rings. The highest BCUT2D eigenvalue weighted by atomic mass is 16.5. The normalized spacial score (nSPS) is 14.8. The summed E-state index contributed by atoms with van der Waals surface area (Å²) in [5, 5.41) is 13.9. The van der Waals surface area contributed by atoms with E-state index in [1.165, 1.54) is 33.3 Å². The van der Waals surface area contributed by atoms with Crippen LogP contribution >= 0.6 is 0 Å². The molecule has 0 spiro atoms. The van der Waals surface area contributed by atoms with Crippen molar-refractivity contribution in [1.82, 2.24) is 10.6 Å². The van der Waals surface area contributed by atoms with Gasteiger partial charge in [0.1, 0.15) is 6.04 Å². The molecule has 8 heteroatoms. The van der Waals surface area contributed by atoms with Gasteiger partial charge in [-0.15, -0.1) is 0 Å². The van der Waals surface area contributed by atoms with Crippen molar-refractivity contribution in [2.45, 2.75) is 25.4 Å². The third-order valence-corrected chi connectivity index (χ3v) is 2.79. The first-order valence-electron chi connectivity index (χ1n) is 6.19. The number of furan rings is 1. The van der Waals surface area contributed by atoms with Crippen molar-refractivity contribution in [2.75, 3.05) is 13.7 Å². The fraction of sp³-hybridized carbons (Fsp3) is 0.462. The summed E-state index contributed by atoms with van der Waals surface area (Å²) in [5.74, 6) is -2.38. The molecule has 0 saturated carbocycles. The van der Waals surface area contributed by atoms with Crippen LogP contribution in [0.5, 0.6) is 0 Å². The van der Waals surface area contributed by atoms with Crippen LogP contribution in [0.25, 0.3) is 0 Å². The number of amides is 2. The van der Waals surface area contributed by atoms with E-state index < -0.39 is 29.4 Å². The van der Waals surface area contributed by atoms with Crippen molar-refractivity contribution in [1.29, 1.82) is 0 Å². The van der Waals surface area contributed by atoms with Crippen molar-refractivity contribution in [3.8, 4) is 0 Å². The predicted molar refractivity (Wildman–Crippen MR) is 71.7 cm³/mol. The minimum Gasteiger partial charge on any atom is -0.479 e. The lowest BCUT2D eigenvalue weighted by molar-refractivity contribution is -0.149. The van der Waals surface area contributed by atoms with Gasteiger partial charge in [0, 0.05) is 7.11 Å². The van der Waals surface area contributed by atoms with E-state index in [1.807, 2.05) is 0 Å². The molecule has 0 aliphatic carbocycles. The van der Waals surface area contributed by atoms with E-state index in [0.717, 1.165) is 0 Å². The number of rotatable bonds is 7. The maximum Gasteiger partial charge on any atom is 0.331 e. The predicted octanol–water partition coefficient (Wildman–Crippen LogP) is 0.00380. The van der Waals surface area contributed by atoms with Gasteiger partial charge in [0.15, 0.2) is 11.3 Å². The van der Waals surface area contributed by atoms with Crippen LogP contribution in [0, 0.1) is 0 Å². The Morgan fingerprint density at radius 1 is 1.48 bits per heavy atom. The second-order valence-electron chi connectivity index (χ2n) is 4.73. The highest BCUT2D eigenvalue weighted by molar-refractivity contribution is 5.96. The second kappa shape index (κ2) is 6.89. The van der Waals surface area contributed by atoms with E-state index in [2.05, 4.69) is 10.6 Å². The molecule has 0 aliphatic heterocycles. The Bertz CT molecular complexity index is 513. The van der Waals surface area contributed by atoms with Gasteiger partial charge in [0.2, 0.25) is 5.91 Å². The number of nitrogens with one attached hydrogen (secondary N) is 2. The first-order chi connectivity index (χ1) is 9.80. The average Bonchev–Trinajstić information content (AvgIpc) is 2.92. The first-order valence-corrected chi connectivity index (χ1v) is 6.19. The standard InChI is InChI=1S/C13H18N2O6/c1-8(14-11(17)9-5-4-6-21-9)10(16)15-13(2,7-20-3)12(18)19/h4-6,8H,7H2,1-3H3,(H,14,17)(H,15,16)(H,18,19). The Hall–Kier alpha value is -2.35. The Balaban J connectivity index is 2.65. The van der Waals surface area contributed by atoms with Gasteiger partial charge in [-0.1, -0.05) is 0 Å². The van der Waals surface area contributed by atoms with Gasteiger partial charge in [-0.2, -0.15) is 0 Å². The fourth-order valence-electron chi connectivity index (χ4n) is 1.56. The molecular weight excluding hydrogens is 280 g/mol. The smallest absolute Gasteiger partial charge is 0.331 e. The number of aliphatic carboxylic acids is 1. The number of methoxy groups -OCH3 is 1. The van der Waals surface area contributed by atoms with Crippen molar-refractivity contribution in [3.05, 3.63) is 24.2 Å². The molecule has 2 atom stereocenters. The van der Waals surface area contributed by atoms with Crippen LogP contribution in [0.1, 0.15) is 24.4 Å². The van der Waals surface area contributed by atoms with Gasteiger partial charge in [-0.3, -0.25) is 9.59 Å². The molecule has 116 valence electrons. The highest BCUT2D eigenvalue weighted by Gasteiger charge is 2.36. The van der Waals surface area contributed by atoms with Crippen LogP contribution in [0.3, 0.4) is 0 Å². The van der Waals surface area contributed by atoms with E-state index in [-0.39, 0.29) is 12.4 Å². The molecular formula is C13H18N2O6. The van der Waals surface area contributed by atoms with Crippen LogP contribution in [-0.2, 0) is 14.3 Å². The highest BCUT2D eigenvalue weighted by Crippen LogP contribution is 2.06. The van der Waals surface area contributed by atoms with Crippen molar-refractivity contribution < 1.29 is 28.6 Å². The lowest BCUT2D eigenvalue weighted by Crippen LogP contribution is -2.59. The average molecular weight is 298 g/mol. The van der Waals surface area contributed by atoms with E-state index in [4.69, 9.17) is 14.3 Å². The number of carbonyl (C=O) groups excluding carboxylic acids is 2. The minimum atomic E-state index is -1.57. The molecule has 0 bridgehead atoms. The molecule has 2 unspecified atom stereocenters. The van der Waals surface area contributed by atoms with Gasteiger partial charge in [-0.05, 0) is 26.0 Å². The molecule has 2 amide bonds. The molecule has 1 rings (SSSR count). The Morgan fingerprint density at radius 2 is 2.14 bits per heavy atom. The van der Waals surface area contributed by atoms with E-state index in [9.17, 15) is 14.4 Å². The molecule has 8 nitrogen and oxygen atoms in total. The lowest BCUT2D eigenvalue weighted by atomic mass is 10.0. The minimum absolute atomic E-state index is 0.0625. The van der Waals surface area contributed by atoms with Crippen molar-refractivity contribution >= 4 is 17.8 Å². The second-order valence-corrected chi connectivity index (χ2v) is 4.73. The Labute approximate surface area is 121 Å². The zero-order valence-electron chi connectivity index (χ0n) is 12.0. The number of hydrogen-bond donors (Lipinski definition) is 3. The lowest BCUT2D eigenvalue weighted by Gasteiger charge is -2.27. The van der Waals surface area contributed by atoms with Gasteiger partial charge >= 0.3 is 5.97 Å². The van der Waals surface area contributed by atoms with Crippen molar-refractivity contribution in [3.63, 3.8) is 0 Å². The zero-order valence-corrected chi connectivity index (χ0v) is 12.0. The monoisotopic (exact) mass is 298 g/mol. The Morgan fingerprint density at radius 3 is 2.62 bits per heavy atom. The summed E-state index contributed by atoms with van der Waals surface area (Å²) in [7, 11) is 1.33. The van der Waals surface area contributed by atoms with Crippen LogP contribution in [0.15, 0.2) is 22.8 Å². The number of ether oxygens (including phenoxy) is 1. The maximum atomic E-state index is 12.0. The van der Waals surface area contributed by atoms with Crippen LogP contribution < -0.4 is 10.6 Å². The molecule has 0 aromatic carbocycles. The number of carbonyl (C=O) groups is 3. The first kappa shape index (κ1) is 16.7. The molecule has 1 heterocycles. The number of carboxylic acids is 1. The SMILES string of the molecule is COCC(C)(NC(=O)C(C)NC(=O)c1ccco1)C(=O)O. The quantitative estimate of drug-likeness (QED) is 0.652. The van der Waals surface area contributed by atoms with Gasteiger partial charge in [0.25, 0.3) is 5.91 Å². The van der Waals surface area contributed by atoms with E-state index in [0.29, 0.717) is 0 Å². The molecule has 1 aromatic heterocycles. The molecule has 0 saturated heterocycles. The third-order valence-electron chi connectivity index (χ3n) is 2.79. The number of hydrogen-bond acceptors (Lipinski definition) is 5. The van der Waals surface area contributed by atoms with Gasteiger partial charge in [0.05, 0.1) is 12.9 Å². The van der Waals surface area contributed by atoms with Crippen LogP contribution in [-0.4, -0.2) is 48.2 Å². The molecule has 0 aliphatic rings. The van der Waals surface area contributed by atoms with Crippen molar-refractivity contribution in [2.24, 2.45) is 0 Å². The molecule has 3 N–H and O–H groups in total. The molecule has 21 heavy (non-hydrogen) atoms. The fourth-order valence-corrected chi connectivity index (χ4v) is 1.56. The topological polar surface area (TPSA) is 118 Å². The summed E-state index contributed by atoms with van der Waals surface area (Å²) in [4.78, 5) is 34.9. The summed E-state index contributed by atoms with van der Waals surface area (Å²) >= 11 is 0. The molecule has 0 radical (unpaired) electrons. The zero-order chi connectivity index (χ0) is 16.0. The summed E-state index contributed by atoms with van der Waals surface area (Å²) in [6, 6.07) is 2.06. The van der Waals surface area contributed by atoms with Crippen LogP contribution in [0.2, 0.25) is 0 Å². The maximum absolute atomic E-state index is 12.0. The van der Waals surface area contributed by atoms with E-state index in [1.54, 1.807) is 6.07 Å². The van der Waals surface area contributed by atoms with E-state index >= 15 is 0 Å². The summed E-state index contributed by atoms with van der Waals surface area (Å²) in [5.41, 5.74) is -1.57. The van der Waals surface area contributed by atoms with Gasteiger partial charge in [-0.25, -0.2) is 4.79 Å². The summed E-state index contributed by atoms with van der Waals surface area (Å²) < 4.78 is 9.69. The Kier molecular flexibility index (Phi) is 5.48.